The van der Waals surface area contributed by atoms with E-state index in [0.29, 0.717) is 23.0 Å². The second-order valence-electron chi connectivity index (χ2n) is 4.59. The normalized spacial score (nSPS) is 10.6. The third-order valence-electron chi connectivity index (χ3n) is 3.25. The van der Waals surface area contributed by atoms with Crippen molar-refractivity contribution in [2.24, 2.45) is 5.84 Å². The van der Waals surface area contributed by atoms with E-state index in [1.165, 1.54) is 6.07 Å². The molecule has 0 spiro atoms. The molecule has 0 fully saturated rings. The maximum absolute atomic E-state index is 13.6. The summed E-state index contributed by atoms with van der Waals surface area (Å²) in [5.74, 6) is 5.99. The molecule has 0 amide bonds. The van der Waals surface area contributed by atoms with E-state index in [0.717, 1.165) is 10.9 Å². The zero-order chi connectivity index (χ0) is 14.8. The van der Waals surface area contributed by atoms with Crippen LogP contribution in [0.5, 0.6) is 0 Å². The quantitative estimate of drug-likeness (QED) is 0.508. The Morgan fingerprint density at radius 1 is 1.05 bits per heavy atom. The molecule has 6 heteroatoms. The number of benzene rings is 2. The standard InChI is InChI=1S/C15H14FN5/c1-9-11(16)6-4-8-12(9)18-14-10-5-2-3-7-13(10)19-15(20-14)21-17/h2-8H,17H2,1H3,(H2,18,19,20,21). The van der Waals surface area contributed by atoms with Crippen LogP contribution in [0.15, 0.2) is 42.5 Å². The van der Waals surface area contributed by atoms with Gasteiger partial charge in [0.15, 0.2) is 0 Å². The van der Waals surface area contributed by atoms with Gasteiger partial charge in [-0.3, -0.25) is 5.43 Å². The number of nitrogens with one attached hydrogen (secondary N) is 2. The summed E-state index contributed by atoms with van der Waals surface area (Å²) in [4.78, 5) is 8.58. The van der Waals surface area contributed by atoms with Crippen LogP contribution in [0.2, 0.25) is 0 Å². The van der Waals surface area contributed by atoms with Crippen LogP contribution < -0.4 is 16.6 Å². The number of rotatable bonds is 3. The first-order valence-electron chi connectivity index (χ1n) is 6.44. The number of hydrogen-bond donors (Lipinski definition) is 3. The lowest BCUT2D eigenvalue weighted by Gasteiger charge is -2.12. The minimum atomic E-state index is -0.268. The molecule has 1 aromatic heterocycles. The molecule has 0 aliphatic carbocycles. The number of nitrogen functional groups attached to an aromatic ring is 1. The van der Waals surface area contributed by atoms with Gasteiger partial charge in [0.1, 0.15) is 11.6 Å². The van der Waals surface area contributed by atoms with Gasteiger partial charge < -0.3 is 5.32 Å². The Hall–Kier alpha value is -2.73. The predicted molar refractivity (Wildman–Crippen MR) is 81.8 cm³/mol. The Morgan fingerprint density at radius 2 is 1.86 bits per heavy atom. The fourth-order valence-corrected chi connectivity index (χ4v) is 2.11. The molecule has 21 heavy (non-hydrogen) atoms. The highest BCUT2D eigenvalue weighted by molar-refractivity contribution is 5.91. The molecule has 0 aliphatic heterocycles. The minimum absolute atomic E-state index is 0.268. The molecule has 2 aromatic carbocycles. The van der Waals surface area contributed by atoms with E-state index in [1.807, 2.05) is 24.3 Å². The fraction of sp³-hybridized carbons (Fsp3) is 0.0667. The van der Waals surface area contributed by atoms with E-state index in [9.17, 15) is 4.39 Å². The Morgan fingerprint density at radius 3 is 2.67 bits per heavy atom. The number of aromatic nitrogens is 2. The second kappa shape index (κ2) is 5.34. The molecule has 1 heterocycles. The number of para-hydroxylation sites is 1. The van der Waals surface area contributed by atoms with Crippen LogP contribution in [-0.2, 0) is 0 Å². The zero-order valence-electron chi connectivity index (χ0n) is 11.4. The lowest BCUT2D eigenvalue weighted by Crippen LogP contribution is -2.11. The van der Waals surface area contributed by atoms with Crippen LogP contribution in [0.4, 0.5) is 21.8 Å². The minimum Gasteiger partial charge on any atom is -0.339 e. The monoisotopic (exact) mass is 283 g/mol. The van der Waals surface area contributed by atoms with Crippen LogP contribution in [0.3, 0.4) is 0 Å². The van der Waals surface area contributed by atoms with Crippen LogP contribution >= 0.6 is 0 Å². The number of anilines is 3. The van der Waals surface area contributed by atoms with E-state index in [2.05, 4.69) is 20.7 Å². The molecule has 0 unspecified atom stereocenters. The highest BCUT2D eigenvalue weighted by Crippen LogP contribution is 2.27. The molecule has 0 saturated heterocycles. The number of halogens is 1. The first-order valence-corrected chi connectivity index (χ1v) is 6.44. The largest absolute Gasteiger partial charge is 0.339 e. The van der Waals surface area contributed by atoms with E-state index in [1.54, 1.807) is 19.1 Å². The molecule has 3 aromatic rings. The van der Waals surface area contributed by atoms with Crippen LogP contribution in [0, 0.1) is 12.7 Å². The van der Waals surface area contributed by atoms with Crippen molar-refractivity contribution in [2.75, 3.05) is 10.7 Å². The molecule has 3 rings (SSSR count). The summed E-state index contributed by atoms with van der Waals surface area (Å²) in [6.07, 6.45) is 0. The van der Waals surface area contributed by atoms with E-state index >= 15 is 0 Å². The Labute approximate surface area is 121 Å². The molecule has 0 bridgehead atoms. The summed E-state index contributed by atoms with van der Waals surface area (Å²) >= 11 is 0. The van der Waals surface area contributed by atoms with Gasteiger partial charge in [-0.2, -0.15) is 4.98 Å². The first-order chi connectivity index (χ1) is 10.2. The van der Waals surface area contributed by atoms with Gasteiger partial charge in [-0.1, -0.05) is 18.2 Å². The Bertz CT molecular complexity index is 803. The number of nitrogens with two attached hydrogens (primary N) is 1. The third kappa shape index (κ3) is 2.48. The zero-order valence-corrected chi connectivity index (χ0v) is 11.4. The number of hydrazine groups is 1. The lowest BCUT2D eigenvalue weighted by atomic mass is 10.1. The summed E-state index contributed by atoms with van der Waals surface area (Å²) in [6.45, 7) is 1.71. The fourth-order valence-electron chi connectivity index (χ4n) is 2.11. The first kappa shape index (κ1) is 13.3. The summed E-state index contributed by atoms with van der Waals surface area (Å²) in [7, 11) is 0. The van der Waals surface area contributed by atoms with Crippen LogP contribution in [0.1, 0.15) is 5.56 Å². The van der Waals surface area contributed by atoms with Crippen molar-refractivity contribution in [1.29, 1.82) is 0 Å². The van der Waals surface area contributed by atoms with Gasteiger partial charge in [-0.05, 0) is 31.2 Å². The van der Waals surface area contributed by atoms with Crippen molar-refractivity contribution in [3.63, 3.8) is 0 Å². The van der Waals surface area contributed by atoms with Crippen molar-refractivity contribution in [1.82, 2.24) is 9.97 Å². The van der Waals surface area contributed by atoms with Crippen molar-refractivity contribution in [2.45, 2.75) is 6.92 Å². The van der Waals surface area contributed by atoms with Gasteiger partial charge in [0, 0.05) is 16.6 Å². The van der Waals surface area contributed by atoms with Gasteiger partial charge in [0.25, 0.3) is 0 Å². The van der Waals surface area contributed by atoms with Crippen molar-refractivity contribution in [3.05, 3.63) is 53.8 Å². The predicted octanol–water partition coefficient (Wildman–Crippen LogP) is 3.11. The van der Waals surface area contributed by atoms with Gasteiger partial charge in [0.2, 0.25) is 5.95 Å². The van der Waals surface area contributed by atoms with Crippen molar-refractivity contribution < 1.29 is 4.39 Å². The van der Waals surface area contributed by atoms with E-state index in [-0.39, 0.29) is 5.82 Å². The molecule has 0 radical (unpaired) electrons. The highest BCUT2D eigenvalue weighted by Gasteiger charge is 2.09. The average Bonchev–Trinajstić information content (AvgIpc) is 2.51. The number of nitrogens with zero attached hydrogens (tertiary/aromatic N) is 2. The van der Waals surface area contributed by atoms with E-state index < -0.39 is 0 Å². The molecule has 0 saturated carbocycles. The highest BCUT2D eigenvalue weighted by atomic mass is 19.1. The number of fused-ring (bicyclic) bond motifs is 1. The summed E-state index contributed by atoms with van der Waals surface area (Å²) in [5.41, 5.74) is 4.37. The van der Waals surface area contributed by atoms with Gasteiger partial charge >= 0.3 is 0 Å². The van der Waals surface area contributed by atoms with Crippen molar-refractivity contribution in [3.8, 4) is 0 Å². The SMILES string of the molecule is Cc1c(F)cccc1Nc1nc(NN)nc2ccccc12. The third-order valence-corrected chi connectivity index (χ3v) is 3.25. The molecule has 0 aliphatic rings. The van der Waals surface area contributed by atoms with Gasteiger partial charge in [0.05, 0.1) is 5.52 Å². The second-order valence-corrected chi connectivity index (χ2v) is 4.59. The topological polar surface area (TPSA) is 75.9 Å². The van der Waals surface area contributed by atoms with E-state index in [4.69, 9.17) is 5.84 Å². The van der Waals surface area contributed by atoms with Gasteiger partial charge in [-0.15, -0.1) is 0 Å². The maximum Gasteiger partial charge on any atom is 0.239 e. The Balaban J connectivity index is 2.13. The smallest absolute Gasteiger partial charge is 0.239 e. The summed E-state index contributed by atoms with van der Waals surface area (Å²) < 4.78 is 13.6. The van der Waals surface area contributed by atoms with Crippen LogP contribution in [-0.4, -0.2) is 9.97 Å². The van der Waals surface area contributed by atoms with Gasteiger partial charge in [-0.25, -0.2) is 15.2 Å². The number of hydrogen-bond acceptors (Lipinski definition) is 5. The molecule has 0 atom stereocenters. The molecular formula is C15H14FN5. The molecule has 4 N–H and O–H groups in total. The average molecular weight is 283 g/mol. The molecule has 5 nitrogen and oxygen atoms in total. The lowest BCUT2D eigenvalue weighted by molar-refractivity contribution is 0.619. The van der Waals surface area contributed by atoms with Crippen LogP contribution in [0.25, 0.3) is 10.9 Å². The maximum atomic E-state index is 13.6. The Kier molecular flexibility index (Phi) is 3.37. The molecule has 106 valence electrons. The summed E-state index contributed by atoms with van der Waals surface area (Å²) in [6, 6.07) is 12.4. The molecular weight excluding hydrogens is 269 g/mol. The summed E-state index contributed by atoms with van der Waals surface area (Å²) in [5, 5.41) is 3.98. The van der Waals surface area contributed by atoms with Crippen molar-refractivity contribution >= 4 is 28.4 Å².